The van der Waals surface area contributed by atoms with Gasteiger partial charge in [0.25, 0.3) is 0 Å². The molecule has 2 aromatic carbocycles. The molecule has 5 nitrogen and oxygen atoms in total. The van der Waals surface area contributed by atoms with Gasteiger partial charge in [0.05, 0.1) is 25.3 Å². The Balaban J connectivity index is 1.97. The molecule has 24 heavy (non-hydrogen) atoms. The quantitative estimate of drug-likeness (QED) is 0.741. The standard InChI is InChI=1S/C19H23N3O2/c1-5-22(6-2)14-9-7-13(8-10-14)19-20-15-11-17(23-3)18(24-4)12-16(15)21-19/h7-12H,5-6H2,1-4H3,(H,20,21). The molecule has 0 spiro atoms. The van der Waals surface area contributed by atoms with Crippen LogP contribution in [0.1, 0.15) is 13.8 Å². The van der Waals surface area contributed by atoms with E-state index in [9.17, 15) is 0 Å². The number of aromatic amines is 1. The Kier molecular flexibility index (Phi) is 4.60. The van der Waals surface area contributed by atoms with Crippen LogP contribution >= 0.6 is 0 Å². The van der Waals surface area contributed by atoms with Gasteiger partial charge in [0.15, 0.2) is 11.5 Å². The third-order valence-corrected chi connectivity index (χ3v) is 4.26. The summed E-state index contributed by atoms with van der Waals surface area (Å²) in [5, 5.41) is 0. The van der Waals surface area contributed by atoms with Crippen LogP contribution < -0.4 is 14.4 Å². The van der Waals surface area contributed by atoms with Crippen molar-refractivity contribution < 1.29 is 9.47 Å². The zero-order valence-electron chi connectivity index (χ0n) is 14.6. The van der Waals surface area contributed by atoms with E-state index in [1.165, 1.54) is 5.69 Å². The van der Waals surface area contributed by atoms with Crippen LogP contribution in [0.4, 0.5) is 5.69 Å². The van der Waals surface area contributed by atoms with E-state index in [-0.39, 0.29) is 0 Å². The van der Waals surface area contributed by atoms with E-state index < -0.39 is 0 Å². The maximum absolute atomic E-state index is 5.35. The Morgan fingerprint density at radius 2 is 1.58 bits per heavy atom. The lowest BCUT2D eigenvalue weighted by molar-refractivity contribution is 0.356. The molecule has 126 valence electrons. The number of ether oxygens (including phenoxy) is 2. The molecule has 0 fully saturated rings. The van der Waals surface area contributed by atoms with E-state index >= 15 is 0 Å². The highest BCUT2D eigenvalue weighted by atomic mass is 16.5. The molecule has 5 heteroatoms. The number of imidazole rings is 1. The average molecular weight is 325 g/mol. The number of fused-ring (bicyclic) bond motifs is 1. The average Bonchev–Trinajstić information content (AvgIpc) is 3.05. The summed E-state index contributed by atoms with van der Waals surface area (Å²) in [5.74, 6) is 2.21. The topological polar surface area (TPSA) is 50.4 Å². The van der Waals surface area contributed by atoms with Crippen molar-refractivity contribution in [2.24, 2.45) is 0 Å². The van der Waals surface area contributed by atoms with E-state index in [4.69, 9.17) is 9.47 Å². The van der Waals surface area contributed by atoms with Gasteiger partial charge in [0.1, 0.15) is 5.82 Å². The van der Waals surface area contributed by atoms with Crippen molar-refractivity contribution in [2.45, 2.75) is 13.8 Å². The van der Waals surface area contributed by atoms with Gasteiger partial charge in [-0.15, -0.1) is 0 Å². The summed E-state index contributed by atoms with van der Waals surface area (Å²) in [4.78, 5) is 10.3. The maximum atomic E-state index is 5.35. The van der Waals surface area contributed by atoms with E-state index in [1.54, 1.807) is 14.2 Å². The second-order valence-electron chi connectivity index (χ2n) is 5.53. The molecule has 1 N–H and O–H groups in total. The predicted octanol–water partition coefficient (Wildman–Crippen LogP) is 4.09. The lowest BCUT2D eigenvalue weighted by Gasteiger charge is -2.20. The highest BCUT2D eigenvalue weighted by Gasteiger charge is 2.11. The molecular weight excluding hydrogens is 302 g/mol. The van der Waals surface area contributed by atoms with Gasteiger partial charge in [0.2, 0.25) is 0 Å². The SMILES string of the molecule is CCN(CC)c1ccc(-c2nc3cc(OC)c(OC)cc3[nH]2)cc1. The first-order valence-corrected chi connectivity index (χ1v) is 8.17. The first kappa shape index (κ1) is 16.2. The van der Waals surface area contributed by atoms with E-state index in [2.05, 4.69) is 53.0 Å². The van der Waals surface area contributed by atoms with Crippen LogP contribution in [0.15, 0.2) is 36.4 Å². The molecule has 0 saturated heterocycles. The zero-order chi connectivity index (χ0) is 17.1. The summed E-state index contributed by atoms with van der Waals surface area (Å²) in [7, 11) is 3.26. The Bertz CT molecular complexity index is 779. The Morgan fingerprint density at radius 3 is 2.17 bits per heavy atom. The van der Waals surface area contributed by atoms with Gasteiger partial charge in [0, 0.05) is 36.5 Å². The molecule has 0 saturated carbocycles. The number of nitrogens with one attached hydrogen (secondary N) is 1. The van der Waals surface area contributed by atoms with Gasteiger partial charge >= 0.3 is 0 Å². The number of hydrogen-bond donors (Lipinski definition) is 1. The van der Waals surface area contributed by atoms with E-state index in [1.807, 2.05) is 12.1 Å². The zero-order valence-corrected chi connectivity index (χ0v) is 14.6. The molecule has 0 radical (unpaired) electrons. The van der Waals surface area contributed by atoms with Crippen molar-refractivity contribution >= 4 is 16.7 Å². The van der Waals surface area contributed by atoms with Crippen LogP contribution in [0.25, 0.3) is 22.4 Å². The number of anilines is 1. The van der Waals surface area contributed by atoms with Gasteiger partial charge in [-0.25, -0.2) is 4.98 Å². The molecule has 0 aliphatic rings. The number of hydrogen-bond acceptors (Lipinski definition) is 4. The minimum Gasteiger partial charge on any atom is -0.493 e. The lowest BCUT2D eigenvalue weighted by Crippen LogP contribution is -2.21. The Hall–Kier alpha value is -2.69. The third kappa shape index (κ3) is 2.89. The summed E-state index contributed by atoms with van der Waals surface area (Å²) < 4.78 is 10.7. The van der Waals surface area contributed by atoms with Crippen LogP contribution in [0, 0.1) is 0 Å². The Labute approximate surface area is 142 Å². The van der Waals surface area contributed by atoms with Crippen molar-refractivity contribution in [1.29, 1.82) is 0 Å². The fraction of sp³-hybridized carbons (Fsp3) is 0.316. The van der Waals surface area contributed by atoms with Crippen molar-refractivity contribution in [3.05, 3.63) is 36.4 Å². The number of benzene rings is 2. The molecule has 0 amide bonds. The highest BCUT2D eigenvalue weighted by Crippen LogP contribution is 2.32. The van der Waals surface area contributed by atoms with Crippen molar-refractivity contribution in [2.75, 3.05) is 32.2 Å². The molecule has 0 aliphatic heterocycles. The molecule has 1 heterocycles. The smallest absolute Gasteiger partial charge is 0.163 e. The molecule has 0 bridgehead atoms. The summed E-state index contributed by atoms with van der Waals surface area (Å²) in [6.07, 6.45) is 0. The third-order valence-electron chi connectivity index (χ3n) is 4.26. The first-order chi connectivity index (χ1) is 11.7. The monoisotopic (exact) mass is 325 g/mol. The normalized spacial score (nSPS) is 10.8. The van der Waals surface area contributed by atoms with Crippen LogP contribution in [-0.4, -0.2) is 37.3 Å². The summed E-state index contributed by atoms with van der Waals surface area (Å²) in [5.41, 5.74) is 4.06. The van der Waals surface area contributed by atoms with Crippen LogP contribution in [-0.2, 0) is 0 Å². The van der Waals surface area contributed by atoms with E-state index in [0.717, 1.165) is 35.5 Å². The second-order valence-corrected chi connectivity index (χ2v) is 5.53. The number of methoxy groups -OCH3 is 2. The molecular formula is C19H23N3O2. The van der Waals surface area contributed by atoms with Gasteiger partial charge < -0.3 is 19.4 Å². The fourth-order valence-electron chi connectivity index (χ4n) is 2.89. The van der Waals surface area contributed by atoms with Gasteiger partial charge in [-0.05, 0) is 38.1 Å². The van der Waals surface area contributed by atoms with Crippen LogP contribution in [0.3, 0.4) is 0 Å². The first-order valence-electron chi connectivity index (χ1n) is 8.17. The van der Waals surface area contributed by atoms with Gasteiger partial charge in [-0.1, -0.05) is 0 Å². The minimum atomic E-state index is 0.680. The highest BCUT2D eigenvalue weighted by molar-refractivity contribution is 5.83. The molecule has 0 atom stereocenters. The number of nitrogens with zero attached hydrogens (tertiary/aromatic N) is 2. The van der Waals surface area contributed by atoms with E-state index in [0.29, 0.717) is 11.5 Å². The Morgan fingerprint density at radius 1 is 0.958 bits per heavy atom. The van der Waals surface area contributed by atoms with Crippen LogP contribution in [0.5, 0.6) is 11.5 Å². The fourth-order valence-corrected chi connectivity index (χ4v) is 2.89. The van der Waals surface area contributed by atoms with Crippen molar-refractivity contribution in [1.82, 2.24) is 9.97 Å². The molecule has 3 rings (SSSR count). The molecule has 1 aromatic heterocycles. The largest absolute Gasteiger partial charge is 0.493 e. The molecule has 3 aromatic rings. The summed E-state index contributed by atoms with van der Waals surface area (Å²) in [6.45, 7) is 6.33. The molecule has 0 aliphatic carbocycles. The molecule has 0 unspecified atom stereocenters. The maximum Gasteiger partial charge on any atom is 0.163 e. The summed E-state index contributed by atoms with van der Waals surface area (Å²) >= 11 is 0. The number of rotatable bonds is 6. The van der Waals surface area contributed by atoms with Gasteiger partial charge in [-0.2, -0.15) is 0 Å². The summed E-state index contributed by atoms with van der Waals surface area (Å²) in [6, 6.07) is 12.3. The van der Waals surface area contributed by atoms with Gasteiger partial charge in [-0.3, -0.25) is 0 Å². The minimum absolute atomic E-state index is 0.680. The lowest BCUT2D eigenvalue weighted by atomic mass is 10.2. The predicted molar refractivity (Wildman–Crippen MR) is 98.2 cm³/mol. The van der Waals surface area contributed by atoms with Crippen molar-refractivity contribution in [3.63, 3.8) is 0 Å². The number of aromatic nitrogens is 2. The van der Waals surface area contributed by atoms with Crippen LogP contribution in [0.2, 0.25) is 0 Å². The second kappa shape index (κ2) is 6.83. The number of H-pyrrole nitrogens is 1. The van der Waals surface area contributed by atoms with Crippen molar-refractivity contribution in [3.8, 4) is 22.9 Å².